The number of nitrogens with zero attached hydrogens (tertiary/aromatic N) is 4. The summed E-state index contributed by atoms with van der Waals surface area (Å²) in [5, 5.41) is 26.3. The molecule has 0 fully saturated rings. The highest BCUT2D eigenvalue weighted by Gasteiger charge is 2.40. The van der Waals surface area contributed by atoms with Crippen molar-refractivity contribution >= 4 is 43.6 Å². The first-order valence-corrected chi connectivity index (χ1v) is 18.6. The quantitative estimate of drug-likeness (QED) is 0.181. The molecule has 11 rings (SSSR count). The zero-order valence-corrected chi connectivity index (χ0v) is 30.5. The lowest BCUT2D eigenvalue weighted by Crippen LogP contribution is -2.15. The van der Waals surface area contributed by atoms with Crippen LogP contribution in [0.2, 0.25) is 0 Å². The lowest BCUT2D eigenvalue weighted by molar-refractivity contribution is 0.660. The van der Waals surface area contributed by atoms with Crippen LogP contribution in [-0.2, 0) is 10.8 Å². The third-order valence-corrected chi connectivity index (χ3v) is 12.6. The number of hydrogen-bond donors (Lipinski definition) is 0. The normalized spacial score (nSPS) is 14.6. The Balaban J connectivity index is 1.38. The van der Waals surface area contributed by atoms with Crippen LogP contribution in [0.3, 0.4) is 0 Å². The van der Waals surface area contributed by atoms with E-state index in [4.69, 9.17) is 0 Å². The standard InChI is InChI=1S/C50H34N4/c1-49(2)37-17-9-5-15-34(37)44-39(49)24-22-32-30-13-7-11-19-41(30)53(47(32)44)43-26-21-29(27-51)36(28-52)46(43)54-42-20-12-8-14-31(42)33-23-25-40-45(48(33)54)35-16-6-10-18-38(35)50(40,3)4/h5-26H,1-4H3. The van der Waals surface area contributed by atoms with Crippen LogP contribution in [0.5, 0.6) is 0 Å². The van der Waals surface area contributed by atoms with Crippen LogP contribution in [-0.4, -0.2) is 9.13 Å². The predicted octanol–water partition coefficient (Wildman–Crippen LogP) is 12.2. The second-order valence-corrected chi connectivity index (χ2v) is 15.9. The van der Waals surface area contributed by atoms with Gasteiger partial charge in [-0.15, -0.1) is 0 Å². The Labute approximate surface area is 313 Å². The van der Waals surface area contributed by atoms with Crippen LogP contribution in [0.15, 0.2) is 133 Å². The van der Waals surface area contributed by atoms with Crippen molar-refractivity contribution in [2.75, 3.05) is 0 Å². The molecular formula is C50H34N4. The molecule has 0 saturated carbocycles. The van der Waals surface area contributed by atoms with Gasteiger partial charge in [0.1, 0.15) is 12.1 Å². The number of aromatic nitrogens is 2. The second kappa shape index (κ2) is 10.4. The largest absolute Gasteiger partial charge is 0.306 e. The van der Waals surface area contributed by atoms with Crippen LogP contribution < -0.4 is 0 Å². The van der Waals surface area contributed by atoms with Gasteiger partial charge < -0.3 is 9.13 Å². The average Bonchev–Trinajstić information content (AvgIpc) is 3.86. The van der Waals surface area contributed by atoms with Gasteiger partial charge in [-0.05, 0) is 57.6 Å². The summed E-state index contributed by atoms with van der Waals surface area (Å²) in [4.78, 5) is 0. The molecule has 0 unspecified atom stereocenters. The van der Waals surface area contributed by atoms with Crippen molar-refractivity contribution in [3.05, 3.63) is 167 Å². The van der Waals surface area contributed by atoms with Crippen LogP contribution in [0.25, 0.3) is 77.2 Å². The molecule has 0 saturated heterocycles. The van der Waals surface area contributed by atoms with Gasteiger partial charge in [-0.25, -0.2) is 0 Å². The summed E-state index contributed by atoms with van der Waals surface area (Å²) in [6, 6.07) is 52.6. The molecule has 54 heavy (non-hydrogen) atoms. The average molecular weight is 691 g/mol. The van der Waals surface area contributed by atoms with E-state index >= 15 is 0 Å². The van der Waals surface area contributed by atoms with Crippen molar-refractivity contribution in [3.63, 3.8) is 0 Å². The van der Waals surface area contributed by atoms with Gasteiger partial charge in [0.25, 0.3) is 0 Å². The maximum Gasteiger partial charge on any atom is 0.103 e. The molecule has 0 aliphatic heterocycles. The van der Waals surface area contributed by atoms with Crippen molar-refractivity contribution in [2.24, 2.45) is 0 Å². The molecule has 2 aliphatic rings. The van der Waals surface area contributed by atoms with E-state index in [2.05, 4.69) is 176 Å². The summed E-state index contributed by atoms with van der Waals surface area (Å²) in [5.41, 5.74) is 16.1. The zero-order chi connectivity index (χ0) is 36.7. The predicted molar refractivity (Wildman–Crippen MR) is 220 cm³/mol. The fourth-order valence-corrected chi connectivity index (χ4v) is 10.2. The van der Waals surface area contributed by atoms with E-state index in [9.17, 15) is 10.5 Å². The zero-order valence-electron chi connectivity index (χ0n) is 30.5. The van der Waals surface area contributed by atoms with Gasteiger partial charge in [0.05, 0.1) is 44.6 Å². The molecular weight excluding hydrogens is 657 g/mol. The SMILES string of the molecule is CC1(C)c2ccccc2-c2c1ccc1c3ccccc3n(-c3ccc(C#N)c(C#N)c3-n3c4ccccc4c4ccc5c(c43)-c3ccccc3C5(C)C)c21. The minimum atomic E-state index is -0.218. The van der Waals surface area contributed by atoms with E-state index in [0.29, 0.717) is 16.8 Å². The number of para-hydroxylation sites is 2. The molecule has 0 radical (unpaired) electrons. The Morgan fingerprint density at radius 3 is 1.46 bits per heavy atom. The van der Waals surface area contributed by atoms with Crippen molar-refractivity contribution in [3.8, 4) is 45.8 Å². The molecule has 0 atom stereocenters. The molecule has 0 amide bonds. The molecule has 2 aliphatic carbocycles. The number of nitriles is 2. The van der Waals surface area contributed by atoms with Gasteiger partial charge in [0, 0.05) is 43.5 Å². The number of benzene rings is 7. The fraction of sp³-hybridized carbons (Fsp3) is 0.120. The van der Waals surface area contributed by atoms with E-state index in [-0.39, 0.29) is 10.8 Å². The van der Waals surface area contributed by atoms with Gasteiger partial charge in [-0.3, -0.25) is 0 Å². The summed E-state index contributed by atoms with van der Waals surface area (Å²) in [5.74, 6) is 0. The minimum Gasteiger partial charge on any atom is -0.306 e. The summed E-state index contributed by atoms with van der Waals surface area (Å²) in [6.07, 6.45) is 0. The van der Waals surface area contributed by atoms with Gasteiger partial charge in [-0.2, -0.15) is 10.5 Å². The molecule has 4 heteroatoms. The summed E-state index contributed by atoms with van der Waals surface area (Å²) >= 11 is 0. The molecule has 0 N–H and O–H groups in total. The third kappa shape index (κ3) is 3.60. The highest BCUT2D eigenvalue weighted by atomic mass is 15.1. The van der Waals surface area contributed by atoms with Crippen LogP contribution in [0.1, 0.15) is 61.1 Å². The van der Waals surface area contributed by atoms with E-state index < -0.39 is 0 Å². The highest BCUT2D eigenvalue weighted by molar-refractivity contribution is 6.18. The third-order valence-electron chi connectivity index (χ3n) is 12.6. The Hall–Kier alpha value is -6.88. The van der Waals surface area contributed by atoms with Crippen molar-refractivity contribution < 1.29 is 0 Å². The Bertz CT molecular complexity index is 3240. The number of hydrogen-bond acceptors (Lipinski definition) is 2. The molecule has 0 spiro atoms. The minimum absolute atomic E-state index is 0.194. The summed E-state index contributed by atoms with van der Waals surface area (Å²) in [6.45, 7) is 9.23. The maximum atomic E-state index is 11.2. The smallest absolute Gasteiger partial charge is 0.103 e. The van der Waals surface area contributed by atoms with Crippen molar-refractivity contribution in [1.82, 2.24) is 9.13 Å². The van der Waals surface area contributed by atoms with Crippen LogP contribution in [0, 0.1) is 22.7 Å². The molecule has 9 aromatic rings. The molecule has 254 valence electrons. The van der Waals surface area contributed by atoms with E-state index in [1.165, 1.54) is 44.5 Å². The van der Waals surface area contributed by atoms with E-state index in [1.807, 2.05) is 6.07 Å². The first-order chi connectivity index (χ1) is 26.3. The van der Waals surface area contributed by atoms with Crippen LogP contribution >= 0.6 is 0 Å². The molecule has 0 bridgehead atoms. The topological polar surface area (TPSA) is 57.4 Å². The number of rotatable bonds is 2. The summed E-state index contributed by atoms with van der Waals surface area (Å²) < 4.78 is 4.68. The van der Waals surface area contributed by atoms with Crippen molar-refractivity contribution in [1.29, 1.82) is 10.5 Å². The lowest BCUT2D eigenvalue weighted by Gasteiger charge is -2.23. The van der Waals surface area contributed by atoms with Crippen molar-refractivity contribution in [2.45, 2.75) is 38.5 Å². The first kappa shape index (κ1) is 30.7. The van der Waals surface area contributed by atoms with Gasteiger partial charge in [0.15, 0.2) is 0 Å². The molecule has 2 aromatic heterocycles. The van der Waals surface area contributed by atoms with Gasteiger partial charge >= 0.3 is 0 Å². The van der Waals surface area contributed by atoms with Gasteiger partial charge in [0.2, 0.25) is 0 Å². The fourth-order valence-electron chi connectivity index (χ4n) is 10.2. The Morgan fingerprint density at radius 2 is 0.926 bits per heavy atom. The first-order valence-electron chi connectivity index (χ1n) is 18.6. The lowest BCUT2D eigenvalue weighted by atomic mass is 9.82. The van der Waals surface area contributed by atoms with E-state index in [0.717, 1.165) is 49.3 Å². The Morgan fingerprint density at radius 1 is 0.444 bits per heavy atom. The van der Waals surface area contributed by atoms with Gasteiger partial charge in [-0.1, -0.05) is 137 Å². The molecule has 7 aromatic carbocycles. The van der Waals surface area contributed by atoms with E-state index in [1.54, 1.807) is 0 Å². The van der Waals surface area contributed by atoms with Crippen LogP contribution in [0.4, 0.5) is 0 Å². The summed E-state index contributed by atoms with van der Waals surface area (Å²) in [7, 11) is 0. The molecule has 4 nitrogen and oxygen atoms in total. The molecule has 2 heterocycles. The highest BCUT2D eigenvalue weighted by Crippen LogP contribution is 2.55. The monoisotopic (exact) mass is 690 g/mol. The number of fused-ring (bicyclic) bond motifs is 14. The Kier molecular flexibility index (Phi) is 5.90. The second-order valence-electron chi connectivity index (χ2n) is 15.9. The maximum absolute atomic E-state index is 11.2.